The second-order valence-corrected chi connectivity index (χ2v) is 4.70. The van der Waals surface area contributed by atoms with E-state index in [9.17, 15) is 8.78 Å². The number of unbranched alkanes of at least 4 members (excludes halogenated alkanes) is 7. The van der Waals surface area contributed by atoms with Crippen molar-refractivity contribution in [3.8, 4) is 0 Å². The molecule has 0 aliphatic carbocycles. The number of hydrogen-bond acceptors (Lipinski definition) is 1. The summed E-state index contributed by atoms with van der Waals surface area (Å²) < 4.78 is 29.3. The molecule has 17 heavy (non-hydrogen) atoms. The van der Waals surface area contributed by atoms with Gasteiger partial charge in [0.2, 0.25) is 0 Å². The molecule has 0 atom stereocenters. The van der Waals surface area contributed by atoms with Gasteiger partial charge in [-0.1, -0.05) is 38.2 Å². The van der Waals surface area contributed by atoms with Gasteiger partial charge >= 0.3 is 5.38 Å². The average Bonchev–Trinajstić information content (AvgIpc) is 2.24. The van der Waals surface area contributed by atoms with Crippen molar-refractivity contribution in [3.05, 3.63) is 12.2 Å². The molecule has 0 saturated heterocycles. The first kappa shape index (κ1) is 16.9. The lowest BCUT2D eigenvalue weighted by Gasteiger charge is -2.01. The van der Waals surface area contributed by atoms with E-state index in [2.05, 4.69) is 0 Å². The summed E-state index contributed by atoms with van der Waals surface area (Å²) in [6, 6.07) is 0. The van der Waals surface area contributed by atoms with Crippen LogP contribution in [0.5, 0.6) is 0 Å². The van der Waals surface area contributed by atoms with Gasteiger partial charge in [-0.05, 0) is 36.9 Å². The van der Waals surface area contributed by atoms with Crippen LogP contribution in [0.2, 0.25) is 0 Å². The molecular formula is C13H23ClF2O. The number of methoxy groups -OCH3 is 1. The monoisotopic (exact) mass is 268 g/mol. The Hall–Kier alpha value is -0.150. The van der Waals surface area contributed by atoms with Gasteiger partial charge in [0.15, 0.2) is 0 Å². The second kappa shape index (κ2) is 11.0. The molecule has 1 nitrogen and oxygen atoms in total. The highest BCUT2D eigenvalue weighted by Gasteiger charge is 2.18. The summed E-state index contributed by atoms with van der Waals surface area (Å²) in [5.41, 5.74) is 0. The fourth-order valence-corrected chi connectivity index (χ4v) is 1.70. The van der Waals surface area contributed by atoms with Gasteiger partial charge in [0.05, 0.1) is 0 Å². The zero-order valence-corrected chi connectivity index (χ0v) is 11.3. The van der Waals surface area contributed by atoms with Crippen LogP contribution in [0.25, 0.3) is 0 Å². The Labute approximate surface area is 108 Å². The van der Waals surface area contributed by atoms with E-state index in [1.165, 1.54) is 31.8 Å². The largest absolute Gasteiger partial charge is 0.385 e. The first-order chi connectivity index (χ1) is 8.06. The maximum atomic E-state index is 12.2. The highest BCUT2D eigenvalue weighted by atomic mass is 35.5. The Morgan fingerprint density at radius 3 is 2.06 bits per heavy atom. The molecule has 0 unspecified atom stereocenters. The lowest BCUT2D eigenvalue weighted by molar-refractivity contribution is 0.152. The van der Waals surface area contributed by atoms with Gasteiger partial charge in [-0.3, -0.25) is 0 Å². The van der Waals surface area contributed by atoms with Crippen molar-refractivity contribution in [2.45, 2.75) is 56.7 Å². The normalized spacial score (nSPS) is 12.5. The molecule has 0 heterocycles. The molecule has 0 fully saturated rings. The minimum absolute atomic E-state index is 0.686. The van der Waals surface area contributed by atoms with Crippen LogP contribution < -0.4 is 0 Å². The fraction of sp³-hybridized carbons (Fsp3) is 0.846. The number of halogens is 3. The summed E-state index contributed by atoms with van der Waals surface area (Å²) in [5.74, 6) is 0. The molecule has 0 spiro atoms. The fourth-order valence-electron chi connectivity index (χ4n) is 1.61. The van der Waals surface area contributed by atoms with E-state index in [-0.39, 0.29) is 0 Å². The molecule has 0 N–H and O–H groups in total. The number of ether oxygens (including phenoxy) is 1. The highest BCUT2D eigenvalue weighted by molar-refractivity contribution is 6.22. The Morgan fingerprint density at radius 1 is 1.00 bits per heavy atom. The van der Waals surface area contributed by atoms with Gasteiger partial charge in [-0.2, -0.15) is 8.78 Å². The molecule has 0 aliphatic rings. The third-order valence-electron chi connectivity index (χ3n) is 2.53. The van der Waals surface area contributed by atoms with Crippen LogP contribution in [0.4, 0.5) is 8.78 Å². The maximum absolute atomic E-state index is 12.2. The van der Waals surface area contributed by atoms with Crippen LogP contribution in [0.3, 0.4) is 0 Å². The predicted octanol–water partition coefficient (Wildman–Crippen LogP) is 5.14. The first-order valence-electron chi connectivity index (χ1n) is 6.29. The molecule has 0 radical (unpaired) electrons. The standard InChI is InChI=1S/C13H23ClF2O/c1-17-12-10-8-6-4-2-3-5-7-9-11-13(14,15)16/h9,11H,2-8,10,12H2,1H3/b11-9+. The Balaban J connectivity index is 3.11. The molecule has 0 saturated carbocycles. The minimum atomic E-state index is -3.18. The van der Waals surface area contributed by atoms with E-state index < -0.39 is 5.38 Å². The number of hydrogen-bond donors (Lipinski definition) is 0. The molecule has 0 aromatic rings. The van der Waals surface area contributed by atoms with Crippen molar-refractivity contribution in [1.29, 1.82) is 0 Å². The molecule has 0 aromatic carbocycles. The maximum Gasteiger partial charge on any atom is 0.341 e. The summed E-state index contributed by atoms with van der Waals surface area (Å²) in [4.78, 5) is 0. The Bertz CT molecular complexity index is 190. The summed E-state index contributed by atoms with van der Waals surface area (Å²) in [6.07, 6.45) is 11.0. The van der Waals surface area contributed by atoms with Crippen molar-refractivity contribution in [3.63, 3.8) is 0 Å². The van der Waals surface area contributed by atoms with Gasteiger partial charge in [0.1, 0.15) is 0 Å². The molecule has 0 aliphatic heterocycles. The van der Waals surface area contributed by atoms with Crippen LogP contribution >= 0.6 is 11.6 Å². The van der Waals surface area contributed by atoms with Gasteiger partial charge in [-0.15, -0.1) is 0 Å². The van der Waals surface area contributed by atoms with E-state index in [0.29, 0.717) is 6.42 Å². The smallest absolute Gasteiger partial charge is 0.341 e. The van der Waals surface area contributed by atoms with Crippen LogP contribution in [0.15, 0.2) is 12.2 Å². The molecule has 4 heteroatoms. The lowest BCUT2D eigenvalue weighted by atomic mass is 10.1. The van der Waals surface area contributed by atoms with Crippen LogP contribution in [-0.2, 0) is 4.74 Å². The van der Waals surface area contributed by atoms with Crippen molar-refractivity contribution in [1.82, 2.24) is 0 Å². The lowest BCUT2D eigenvalue weighted by Crippen LogP contribution is -1.98. The molecule has 0 amide bonds. The number of rotatable bonds is 11. The molecular weight excluding hydrogens is 246 g/mol. The van der Waals surface area contributed by atoms with Crippen LogP contribution in [0, 0.1) is 0 Å². The third-order valence-corrected chi connectivity index (χ3v) is 2.65. The number of allylic oxidation sites excluding steroid dienone is 2. The quantitative estimate of drug-likeness (QED) is 0.286. The van der Waals surface area contributed by atoms with Crippen molar-refractivity contribution >= 4 is 11.6 Å². The topological polar surface area (TPSA) is 9.23 Å². The SMILES string of the molecule is COCCCCCCCCC/C=C/C(F)(F)Cl. The highest BCUT2D eigenvalue weighted by Crippen LogP contribution is 2.20. The molecule has 0 rings (SSSR count). The molecule has 0 bridgehead atoms. The minimum Gasteiger partial charge on any atom is -0.385 e. The van der Waals surface area contributed by atoms with Gasteiger partial charge in [-0.25, -0.2) is 0 Å². The van der Waals surface area contributed by atoms with Gasteiger partial charge < -0.3 is 4.74 Å². The molecule has 102 valence electrons. The predicted molar refractivity (Wildman–Crippen MR) is 68.8 cm³/mol. The van der Waals surface area contributed by atoms with Gasteiger partial charge in [0, 0.05) is 13.7 Å². The van der Waals surface area contributed by atoms with Gasteiger partial charge in [0.25, 0.3) is 0 Å². The first-order valence-corrected chi connectivity index (χ1v) is 6.67. The average molecular weight is 269 g/mol. The number of alkyl halides is 3. The van der Waals surface area contributed by atoms with Crippen LogP contribution in [-0.4, -0.2) is 19.1 Å². The van der Waals surface area contributed by atoms with E-state index in [0.717, 1.165) is 31.9 Å². The Kier molecular flexibility index (Phi) is 10.9. The Morgan fingerprint density at radius 2 is 1.53 bits per heavy atom. The second-order valence-electron chi connectivity index (χ2n) is 4.20. The third kappa shape index (κ3) is 15.9. The summed E-state index contributed by atoms with van der Waals surface area (Å²) in [6.45, 7) is 0.845. The van der Waals surface area contributed by atoms with Crippen LogP contribution in [0.1, 0.15) is 51.4 Å². The molecule has 0 aromatic heterocycles. The van der Waals surface area contributed by atoms with E-state index in [1.807, 2.05) is 0 Å². The van der Waals surface area contributed by atoms with Crippen molar-refractivity contribution < 1.29 is 13.5 Å². The summed E-state index contributed by atoms with van der Waals surface area (Å²) in [7, 11) is 1.72. The van der Waals surface area contributed by atoms with Crippen molar-refractivity contribution in [2.75, 3.05) is 13.7 Å². The van der Waals surface area contributed by atoms with E-state index in [4.69, 9.17) is 16.3 Å². The van der Waals surface area contributed by atoms with E-state index >= 15 is 0 Å². The van der Waals surface area contributed by atoms with E-state index in [1.54, 1.807) is 7.11 Å². The van der Waals surface area contributed by atoms with Crippen molar-refractivity contribution in [2.24, 2.45) is 0 Å². The zero-order chi connectivity index (χ0) is 13.0. The summed E-state index contributed by atoms with van der Waals surface area (Å²) >= 11 is 4.73. The summed E-state index contributed by atoms with van der Waals surface area (Å²) in [5, 5.41) is -3.18. The zero-order valence-electron chi connectivity index (χ0n) is 10.6.